The van der Waals surface area contributed by atoms with Crippen molar-refractivity contribution in [3.05, 3.63) is 22.6 Å². The molecule has 92 valence electrons. The van der Waals surface area contributed by atoms with E-state index in [1.54, 1.807) is 6.07 Å². The van der Waals surface area contributed by atoms with E-state index in [0.29, 0.717) is 23.2 Å². The molecule has 1 aromatic heterocycles. The normalized spacial score (nSPS) is 20.3. The molecule has 1 atom stereocenters. The molecule has 0 spiro atoms. The molecule has 5 nitrogen and oxygen atoms in total. The van der Waals surface area contributed by atoms with Crippen LogP contribution in [-0.2, 0) is 4.79 Å². The number of rotatable bonds is 2. The van der Waals surface area contributed by atoms with Crippen LogP contribution in [0.5, 0.6) is 0 Å². The number of aliphatic carboxylic acids is 1. The minimum absolute atomic E-state index is 0.294. The van der Waals surface area contributed by atoms with Crippen molar-refractivity contribution in [2.45, 2.75) is 25.3 Å². The molecular weight excluding hydrogens is 290 g/mol. The van der Waals surface area contributed by atoms with Gasteiger partial charge in [-0.2, -0.15) is 0 Å². The fourth-order valence-electron chi connectivity index (χ4n) is 2.03. The van der Waals surface area contributed by atoms with Crippen LogP contribution in [0.1, 0.15) is 29.6 Å². The van der Waals surface area contributed by atoms with Crippen LogP contribution in [0.15, 0.2) is 21.4 Å². The second-order valence-electron chi connectivity index (χ2n) is 3.96. The number of furan rings is 1. The first-order valence-corrected chi connectivity index (χ1v) is 6.17. The highest BCUT2D eigenvalue weighted by molar-refractivity contribution is 9.10. The van der Waals surface area contributed by atoms with Gasteiger partial charge in [-0.25, -0.2) is 4.79 Å². The molecule has 6 heteroatoms. The maximum atomic E-state index is 12.2. The molecule has 0 radical (unpaired) electrons. The number of likely N-dealkylation sites (tertiary alicyclic amines) is 1. The zero-order valence-electron chi connectivity index (χ0n) is 9.06. The highest BCUT2D eigenvalue weighted by Gasteiger charge is 2.33. The van der Waals surface area contributed by atoms with Gasteiger partial charge in [0.15, 0.2) is 4.67 Å². The first-order chi connectivity index (χ1) is 8.11. The fraction of sp³-hybridized carbons (Fsp3) is 0.455. The highest BCUT2D eigenvalue weighted by atomic mass is 79.9. The molecule has 0 aliphatic carbocycles. The van der Waals surface area contributed by atoms with Gasteiger partial charge in [0, 0.05) is 6.54 Å². The molecule has 0 saturated carbocycles. The van der Waals surface area contributed by atoms with E-state index in [4.69, 9.17) is 9.52 Å². The van der Waals surface area contributed by atoms with Crippen LogP contribution in [0.4, 0.5) is 0 Å². The van der Waals surface area contributed by atoms with Gasteiger partial charge < -0.3 is 14.4 Å². The van der Waals surface area contributed by atoms with Crippen LogP contribution >= 0.6 is 15.9 Å². The summed E-state index contributed by atoms with van der Waals surface area (Å²) in [7, 11) is 0. The monoisotopic (exact) mass is 301 g/mol. The molecule has 1 aromatic rings. The third-order valence-corrected chi connectivity index (χ3v) is 3.51. The number of carbonyl (C=O) groups excluding carboxylic acids is 1. The topological polar surface area (TPSA) is 70.8 Å². The summed E-state index contributed by atoms with van der Waals surface area (Å²) in [4.78, 5) is 24.7. The van der Waals surface area contributed by atoms with Gasteiger partial charge in [-0.15, -0.1) is 0 Å². The Morgan fingerprint density at radius 1 is 1.47 bits per heavy atom. The minimum atomic E-state index is -0.947. The first kappa shape index (κ1) is 12.2. The van der Waals surface area contributed by atoms with E-state index < -0.39 is 12.0 Å². The summed E-state index contributed by atoms with van der Waals surface area (Å²) in [5.41, 5.74) is 0.373. The molecule has 1 saturated heterocycles. The maximum Gasteiger partial charge on any atom is 0.326 e. The average Bonchev–Trinajstić information content (AvgIpc) is 2.74. The summed E-state index contributed by atoms with van der Waals surface area (Å²) in [5.74, 6) is -1.24. The third-order valence-electron chi connectivity index (χ3n) is 2.90. The Labute approximate surface area is 107 Å². The molecule has 1 amide bonds. The summed E-state index contributed by atoms with van der Waals surface area (Å²) in [6.45, 7) is 0.480. The molecule has 1 aliphatic heterocycles. The number of nitrogens with zero attached hydrogens (tertiary/aromatic N) is 1. The summed E-state index contributed by atoms with van der Waals surface area (Å²) in [6.07, 6.45) is 3.59. The SMILES string of the molecule is O=C(O)[C@H]1CCCCN1C(=O)c1ccoc1Br. The lowest BCUT2D eigenvalue weighted by atomic mass is 10.0. The highest BCUT2D eigenvalue weighted by Crippen LogP contribution is 2.24. The zero-order chi connectivity index (χ0) is 12.4. The van der Waals surface area contributed by atoms with Gasteiger partial charge in [0.1, 0.15) is 6.04 Å². The molecular formula is C11H12BrNO4. The molecule has 1 aliphatic rings. The van der Waals surface area contributed by atoms with E-state index in [1.165, 1.54) is 11.2 Å². The number of carboxylic acids is 1. The molecule has 2 rings (SSSR count). The summed E-state index contributed by atoms with van der Waals surface area (Å²) in [6, 6.07) is 0.818. The van der Waals surface area contributed by atoms with Crippen LogP contribution in [-0.4, -0.2) is 34.5 Å². The van der Waals surface area contributed by atoms with Crippen molar-refractivity contribution in [1.29, 1.82) is 0 Å². The molecule has 1 fully saturated rings. The van der Waals surface area contributed by atoms with Crippen molar-refractivity contribution in [3.8, 4) is 0 Å². The zero-order valence-corrected chi connectivity index (χ0v) is 10.6. The predicted molar refractivity (Wildman–Crippen MR) is 62.7 cm³/mol. The standard InChI is InChI=1S/C11H12BrNO4/c12-9-7(4-6-17-9)10(14)13-5-2-1-3-8(13)11(15)16/h4,6,8H,1-3,5H2,(H,15,16)/t8-/m1/s1. The lowest BCUT2D eigenvalue weighted by Crippen LogP contribution is -2.47. The lowest BCUT2D eigenvalue weighted by Gasteiger charge is -2.32. The van der Waals surface area contributed by atoms with E-state index in [-0.39, 0.29) is 5.91 Å². The van der Waals surface area contributed by atoms with Gasteiger partial charge in [-0.05, 0) is 41.3 Å². The Morgan fingerprint density at radius 3 is 2.82 bits per heavy atom. The van der Waals surface area contributed by atoms with Crippen molar-refractivity contribution < 1.29 is 19.1 Å². The Morgan fingerprint density at radius 2 is 2.24 bits per heavy atom. The van der Waals surface area contributed by atoms with Crippen molar-refractivity contribution in [2.24, 2.45) is 0 Å². The first-order valence-electron chi connectivity index (χ1n) is 5.38. The van der Waals surface area contributed by atoms with Gasteiger partial charge in [-0.1, -0.05) is 0 Å². The van der Waals surface area contributed by atoms with Crippen LogP contribution in [0.2, 0.25) is 0 Å². The second-order valence-corrected chi connectivity index (χ2v) is 4.68. The average molecular weight is 302 g/mol. The van der Waals surface area contributed by atoms with Crippen molar-refractivity contribution >= 4 is 27.8 Å². The van der Waals surface area contributed by atoms with E-state index in [0.717, 1.165) is 12.8 Å². The van der Waals surface area contributed by atoms with E-state index in [2.05, 4.69) is 15.9 Å². The molecule has 1 N–H and O–H groups in total. The van der Waals surface area contributed by atoms with E-state index in [1.807, 2.05) is 0 Å². The lowest BCUT2D eigenvalue weighted by molar-refractivity contribution is -0.143. The maximum absolute atomic E-state index is 12.2. The number of carbonyl (C=O) groups is 2. The number of carboxylic acid groups (broad SMARTS) is 1. The quantitative estimate of drug-likeness (QED) is 0.908. The largest absolute Gasteiger partial charge is 0.480 e. The number of hydrogen-bond acceptors (Lipinski definition) is 3. The molecule has 0 aromatic carbocycles. The number of halogens is 1. The van der Waals surface area contributed by atoms with Crippen LogP contribution in [0.3, 0.4) is 0 Å². The van der Waals surface area contributed by atoms with E-state index >= 15 is 0 Å². The number of hydrogen-bond donors (Lipinski definition) is 1. The summed E-state index contributed by atoms with van der Waals surface area (Å²) < 4.78 is 5.34. The molecule has 0 bridgehead atoms. The van der Waals surface area contributed by atoms with Gasteiger partial charge in [0.05, 0.1) is 11.8 Å². The van der Waals surface area contributed by atoms with E-state index in [9.17, 15) is 9.59 Å². The number of piperidine rings is 1. The summed E-state index contributed by atoms with van der Waals surface area (Å²) in [5, 5.41) is 9.10. The molecule has 2 heterocycles. The Bertz CT molecular complexity index is 442. The minimum Gasteiger partial charge on any atom is -0.480 e. The van der Waals surface area contributed by atoms with Crippen molar-refractivity contribution in [2.75, 3.05) is 6.54 Å². The number of amides is 1. The van der Waals surface area contributed by atoms with Gasteiger partial charge in [-0.3, -0.25) is 4.79 Å². The van der Waals surface area contributed by atoms with Gasteiger partial charge in [0.25, 0.3) is 5.91 Å². The van der Waals surface area contributed by atoms with Crippen molar-refractivity contribution in [3.63, 3.8) is 0 Å². The fourth-order valence-corrected chi connectivity index (χ4v) is 2.44. The Kier molecular flexibility index (Phi) is 3.51. The Balaban J connectivity index is 2.23. The third kappa shape index (κ3) is 2.36. The predicted octanol–water partition coefficient (Wildman–Crippen LogP) is 2.12. The molecule has 17 heavy (non-hydrogen) atoms. The van der Waals surface area contributed by atoms with Crippen LogP contribution < -0.4 is 0 Å². The second kappa shape index (κ2) is 4.91. The Hall–Kier alpha value is -1.30. The van der Waals surface area contributed by atoms with Crippen LogP contribution in [0, 0.1) is 0 Å². The van der Waals surface area contributed by atoms with Gasteiger partial charge in [0.2, 0.25) is 0 Å². The van der Waals surface area contributed by atoms with Crippen LogP contribution in [0.25, 0.3) is 0 Å². The van der Waals surface area contributed by atoms with Gasteiger partial charge >= 0.3 is 5.97 Å². The van der Waals surface area contributed by atoms with Crippen molar-refractivity contribution in [1.82, 2.24) is 4.90 Å². The molecule has 0 unspecified atom stereocenters. The smallest absolute Gasteiger partial charge is 0.326 e. The summed E-state index contributed by atoms with van der Waals surface area (Å²) >= 11 is 3.13.